The van der Waals surface area contributed by atoms with Crippen LogP contribution in [0.3, 0.4) is 0 Å². The fourth-order valence-electron chi connectivity index (χ4n) is 4.91. The Kier molecular flexibility index (Phi) is 34.4. The first-order chi connectivity index (χ1) is 26.0. The van der Waals surface area contributed by atoms with Crippen LogP contribution in [0.25, 0.3) is 0 Å². The molecule has 0 aromatic heterocycles. The molecule has 0 amide bonds. The number of phosphoric acid groups is 1. The molecule has 310 valence electrons. The zero-order chi connectivity index (χ0) is 40.0. The molecular weight excluding hydrogens is 701 g/mol. The highest BCUT2D eigenvalue weighted by Crippen LogP contribution is 2.38. The number of ether oxygens (including phenoxy) is 2. The van der Waals surface area contributed by atoms with Crippen LogP contribution >= 0.6 is 7.82 Å². The van der Waals surface area contributed by atoms with Crippen molar-refractivity contribution in [2.24, 2.45) is 0 Å². The number of phosphoric ester groups is 1. The molecule has 0 aliphatic heterocycles. The zero-order valence-corrected chi connectivity index (χ0v) is 35.5. The maximum atomic E-state index is 12.6. The van der Waals surface area contributed by atoms with Gasteiger partial charge in [0.25, 0.3) is 7.82 Å². The first-order valence-corrected chi connectivity index (χ1v) is 22.1. The monoisotopic (exact) mass is 778 g/mol. The van der Waals surface area contributed by atoms with Crippen LogP contribution < -0.4 is 4.89 Å². The van der Waals surface area contributed by atoms with Crippen molar-refractivity contribution < 1.29 is 42.1 Å². The Morgan fingerprint density at radius 3 is 1.63 bits per heavy atom. The highest BCUT2D eigenvalue weighted by molar-refractivity contribution is 7.45. The van der Waals surface area contributed by atoms with Gasteiger partial charge >= 0.3 is 11.9 Å². The molecular formula is C44H76NO8P. The molecule has 0 radical (unpaired) electrons. The Balaban J connectivity index is 4.55. The third kappa shape index (κ3) is 39.2. The van der Waals surface area contributed by atoms with Gasteiger partial charge in [0, 0.05) is 12.8 Å². The number of likely N-dealkylation sites (N-methyl/N-ethyl adjacent to an activating group) is 1. The normalized spacial score (nSPS) is 14.4. The van der Waals surface area contributed by atoms with Crippen molar-refractivity contribution in [3.63, 3.8) is 0 Å². The second kappa shape index (κ2) is 36.1. The summed E-state index contributed by atoms with van der Waals surface area (Å²) in [5, 5.41) is 0. The molecule has 9 nitrogen and oxygen atoms in total. The van der Waals surface area contributed by atoms with E-state index in [1.807, 2.05) is 33.3 Å². The van der Waals surface area contributed by atoms with E-state index in [-0.39, 0.29) is 26.1 Å². The fourth-order valence-corrected chi connectivity index (χ4v) is 5.64. The van der Waals surface area contributed by atoms with E-state index in [4.69, 9.17) is 18.5 Å². The number of esters is 2. The lowest BCUT2D eigenvalue weighted by atomic mass is 10.1. The minimum absolute atomic E-state index is 0.0488. The van der Waals surface area contributed by atoms with E-state index in [2.05, 4.69) is 74.6 Å². The SMILES string of the molecule is CCCC/C=C\CCCCCCCC(=O)OC[C@H](COP(=O)([O-])OCC[N+](C)(C)C)OC(=O)CC/C=C\C/C=C\C/C=C\C/C=C\C/C=C\CCCCC. The van der Waals surface area contributed by atoms with Gasteiger partial charge in [0.2, 0.25) is 0 Å². The zero-order valence-electron chi connectivity index (χ0n) is 34.6. The van der Waals surface area contributed by atoms with Crippen LogP contribution in [0.4, 0.5) is 0 Å². The molecule has 0 aromatic rings. The third-order valence-electron chi connectivity index (χ3n) is 8.21. The second-order valence-corrected chi connectivity index (χ2v) is 16.1. The molecule has 0 N–H and O–H groups in total. The van der Waals surface area contributed by atoms with Gasteiger partial charge < -0.3 is 27.9 Å². The molecule has 0 heterocycles. The number of nitrogens with zero attached hydrogens (tertiary/aromatic N) is 1. The average Bonchev–Trinajstić information content (AvgIpc) is 3.12. The van der Waals surface area contributed by atoms with E-state index in [1.165, 1.54) is 38.5 Å². The fraction of sp³-hybridized carbons (Fsp3) is 0.682. The van der Waals surface area contributed by atoms with Crippen LogP contribution in [0.5, 0.6) is 0 Å². The van der Waals surface area contributed by atoms with Crippen LogP contribution in [0.1, 0.15) is 142 Å². The Morgan fingerprint density at radius 1 is 0.574 bits per heavy atom. The van der Waals surface area contributed by atoms with Crippen LogP contribution in [0, 0.1) is 0 Å². The van der Waals surface area contributed by atoms with Gasteiger partial charge in [-0.2, -0.15) is 0 Å². The van der Waals surface area contributed by atoms with Crippen molar-refractivity contribution in [2.75, 3.05) is 47.5 Å². The molecule has 0 rings (SSSR count). The lowest BCUT2D eigenvalue weighted by Crippen LogP contribution is -2.37. The van der Waals surface area contributed by atoms with E-state index in [9.17, 15) is 19.0 Å². The standard InChI is InChI=1S/C44H76NO8P/c1-6-8-10-12-14-16-18-19-20-21-22-23-24-25-27-29-31-33-35-37-44(47)53-42(41-52-54(48,49)51-39-38-45(3,4)5)40-50-43(46)36-34-32-30-28-26-17-15-13-11-9-7-2/h13-16,19-20,22-23,25,27,31,33,42H,6-12,17-18,21,24,26,28-30,32,34-41H2,1-5H3/b15-13-,16-14-,20-19-,23-22-,27-25-,33-31-/t42-/m1/s1. The Labute approximate surface area is 329 Å². The summed E-state index contributed by atoms with van der Waals surface area (Å²) < 4.78 is 33.7. The van der Waals surface area contributed by atoms with Gasteiger partial charge in [-0.1, -0.05) is 132 Å². The van der Waals surface area contributed by atoms with Crippen molar-refractivity contribution in [1.29, 1.82) is 0 Å². The van der Waals surface area contributed by atoms with Crippen LogP contribution in [0.15, 0.2) is 72.9 Å². The first-order valence-electron chi connectivity index (χ1n) is 20.6. The number of quaternary nitrogens is 1. The van der Waals surface area contributed by atoms with Gasteiger partial charge in [0.15, 0.2) is 6.10 Å². The van der Waals surface area contributed by atoms with Gasteiger partial charge in [-0.25, -0.2) is 0 Å². The minimum atomic E-state index is -4.64. The van der Waals surface area contributed by atoms with Gasteiger partial charge in [0.05, 0.1) is 27.7 Å². The molecule has 2 atom stereocenters. The van der Waals surface area contributed by atoms with Crippen molar-refractivity contribution in [1.82, 2.24) is 0 Å². The van der Waals surface area contributed by atoms with E-state index in [1.54, 1.807) is 0 Å². The lowest BCUT2D eigenvalue weighted by molar-refractivity contribution is -0.870. The maximum Gasteiger partial charge on any atom is 0.306 e. The van der Waals surface area contributed by atoms with Crippen molar-refractivity contribution in [3.05, 3.63) is 72.9 Å². The predicted molar refractivity (Wildman–Crippen MR) is 222 cm³/mol. The number of allylic oxidation sites excluding steroid dienone is 12. The molecule has 0 spiro atoms. The Hall–Kier alpha value is -2.55. The summed E-state index contributed by atoms with van der Waals surface area (Å²) in [4.78, 5) is 37.4. The number of unbranched alkanes of at least 4 members (excludes halogenated alkanes) is 10. The molecule has 10 heteroatoms. The third-order valence-corrected chi connectivity index (χ3v) is 9.18. The predicted octanol–water partition coefficient (Wildman–Crippen LogP) is 10.8. The van der Waals surface area contributed by atoms with Crippen molar-refractivity contribution in [3.8, 4) is 0 Å². The summed E-state index contributed by atoms with van der Waals surface area (Å²) in [6.45, 7) is 4.03. The van der Waals surface area contributed by atoms with E-state index >= 15 is 0 Å². The summed E-state index contributed by atoms with van der Waals surface area (Å²) in [7, 11) is 1.10. The van der Waals surface area contributed by atoms with Crippen LogP contribution in [-0.2, 0) is 32.7 Å². The van der Waals surface area contributed by atoms with E-state index < -0.39 is 32.5 Å². The van der Waals surface area contributed by atoms with Gasteiger partial charge in [-0.15, -0.1) is 0 Å². The molecule has 54 heavy (non-hydrogen) atoms. The number of rotatable bonds is 36. The smallest absolute Gasteiger partial charge is 0.306 e. The number of hydrogen-bond donors (Lipinski definition) is 0. The maximum absolute atomic E-state index is 12.6. The summed E-state index contributed by atoms with van der Waals surface area (Å²) >= 11 is 0. The highest BCUT2D eigenvalue weighted by atomic mass is 31.2. The molecule has 0 saturated carbocycles. The van der Waals surface area contributed by atoms with Gasteiger partial charge in [0.1, 0.15) is 19.8 Å². The molecule has 0 fully saturated rings. The van der Waals surface area contributed by atoms with E-state index in [0.29, 0.717) is 23.9 Å². The lowest BCUT2D eigenvalue weighted by Gasteiger charge is -2.28. The summed E-state index contributed by atoms with van der Waals surface area (Å²) in [5.74, 6) is -0.951. The molecule has 1 unspecified atom stereocenters. The molecule has 0 aromatic carbocycles. The number of hydrogen-bond acceptors (Lipinski definition) is 8. The minimum Gasteiger partial charge on any atom is -0.756 e. The largest absolute Gasteiger partial charge is 0.756 e. The number of carbonyl (C=O) groups is 2. The van der Waals surface area contributed by atoms with E-state index in [0.717, 1.165) is 64.2 Å². The molecule has 0 aliphatic rings. The van der Waals surface area contributed by atoms with Crippen molar-refractivity contribution >= 4 is 19.8 Å². The highest BCUT2D eigenvalue weighted by Gasteiger charge is 2.21. The summed E-state index contributed by atoms with van der Waals surface area (Å²) in [6, 6.07) is 0. The molecule has 0 saturated heterocycles. The summed E-state index contributed by atoms with van der Waals surface area (Å²) in [6.07, 6.45) is 43.8. The summed E-state index contributed by atoms with van der Waals surface area (Å²) in [5.41, 5.74) is 0. The average molecular weight is 778 g/mol. The topological polar surface area (TPSA) is 111 Å². The Bertz CT molecular complexity index is 1150. The van der Waals surface area contributed by atoms with Crippen molar-refractivity contribution in [2.45, 2.75) is 148 Å². The quantitative estimate of drug-likeness (QED) is 0.0203. The molecule has 0 bridgehead atoms. The first kappa shape index (κ1) is 51.5. The van der Waals surface area contributed by atoms with Gasteiger partial charge in [-0.3, -0.25) is 14.2 Å². The van der Waals surface area contributed by atoms with Gasteiger partial charge in [-0.05, 0) is 70.6 Å². The van der Waals surface area contributed by atoms with Crippen LogP contribution in [0.2, 0.25) is 0 Å². The van der Waals surface area contributed by atoms with Crippen LogP contribution in [-0.4, -0.2) is 70.0 Å². The second-order valence-electron chi connectivity index (χ2n) is 14.6. The Morgan fingerprint density at radius 2 is 1.06 bits per heavy atom. The number of carbonyl (C=O) groups excluding carboxylic acids is 2. The molecule has 0 aliphatic carbocycles.